The molecule has 1 aliphatic heterocycles. The molecule has 0 fully saturated rings. The maximum absolute atomic E-state index is 12.2. The van der Waals surface area contributed by atoms with Crippen LogP contribution >= 0.6 is 11.8 Å². The standard InChI is InChI=1S/C19H18N2O4S/c20-18(22)12-26-17-4-2-1-3-14(17)21-19(23)8-6-13-5-7-15-16(11-13)25-10-9-24-15/h1-8,11H,9-10,12H2,(H2,20,22)(H,21,23)/b8-6+. The van der Waals surface area contributed by atoms with Gasteiger partial charge in [0.2, 0.25) is 11.8 Å². The molecule has 2 amide bonds. The van der Waals surface area contributed by atoms with Gasteiger partial charge in [-0.3, -0.25) is 9.59 Å². The van der Waals surface area contributed by atoms with Crippen molar-refractivity contribution >= 4 is 35.3 Å². The Balaban J connectivity index is 1.65. The summed E-state index contributed by atoms with van der Waals surface area (Å²) in [6.07, 6.45) is 3.15. The number of carbonyl (C=O) groups is 2. The van der Waals surface area contributed by atoms with Gasteiger partial charge in [0.15, 0.2) is 11.5 Å². The highest BCUT2D eigenvalue weighted by molar-refractivity contribution is 8.00. The van der Waals surface area contributed by atoms with E-state index in [0.29, 0.717) is 30.4 Å². The number of nitrogens with one attached hydrogen (secondary N) is 1. The lowest BCUT2D eigenvalue weighted by atomic mass is 10.2. The van der Waals surface area contributed by atoms with Gasteiger partial charge in [-0.05, 0) is 35.9 Å². The molecule has 134 valence electrons. The number of ether oxygens (including phenoxy) is 2. The van der Waals surface area contributed by atoms with Gasteiger partial charge in [-0.2, -0.15) is 0 Å². The summed E-state index contributed by atoms with van der Waals surface area (Å²) < 4.78 is 11.0. The summed E-state index contributed by atoms with van der Waals surface area (Å²) >= 11 is 1.28. The monoisotopic (exact) mass is 370 g/mol. The van der Waals surface area contributed by atoms with Gasteiger partial charge in [-0.25, -0.2) is 0 Å². The highest BCUT2D eigenvalue weighted by atomic mass is 32.2. The molecule has 0 aliphatic carbocycles. The second kappa shape index (κ2) is 8.44. The zero-order valence-corrected chi connectivity index (χ0v) is 14.8. The maximum Gasteiger partial charge on any atom is 0.248 e. The van der Waals surface area contributed by atoms with E-state index in [0.717, 1.165) is 10.5 Å². The number of hydrogen-bond acceptors (Lipinski definition) is 5. The van der Waals surface area contributed by atoms with Crippen molar-refractivity contribution < 1.29 is 19.1 Å². The van der Waals surface area contributed by atoms with Gasteiger partial charge in [-0.15, -0.1) is 11.8 Å². The summed E-state index contributed by atoms with van der Waals surface area (Å²) in [7, 11) is 0. The Morgan fingerprint density at radius 3 is 2.69 bits per heavy atom. The van der Waals surface area contributed by atoms with Crippen LogP contribution in [-0.4, -0.2) is 30.8 Å². The van der Waals surface area contributed by atoms with Gasteiger partial charge >= 0.3 is 0 Å². The minimum atomic E-state index is -0.408. The molecule has 0 unspecified atom stereocenters. The van der Waals surface area contributed by atoms with Crippen molar-refractivity contribution in [3.63, 3.8) is 0 Å². The highest BCUT2D eigenvalue weighted by Crippen LogP contribution is 2.31. The van der Waals surface area contributed by atoms with Crippen molar-refractivity contribution in [1.29, 1.82) is 0 Å². The number of hydrogen-bond donors (Lipinski definition) is 2. The molecule has 0 aromatic heterocycles. The SMILES string of the molecule is NC(=O)CSc1ccccc1NC(=O)/C=C/c1ccc2c(c1)OCCO2. The van der Waals surface area contributed by atoms with Crippen LogP contribution in [0.5, 0.6) is 11.5 Å². The first-order valence-electron chi connectivity index (χ1n) is 8.00. The first kappa shape index (κ1) is 17.9. The van der Waals surface area contributed by atoms with Crippen LogP contribution in [0.1, 0.15) is 5.56 Å². The van der Waals surface area contributed by atoms with E-state index in [1.54, 1.807) is 12.1 Å². The van der Waals surface area contributed by atoms with E-state index in [1.165, 1.54) is 17.8 Å². The Kier molecular flexibility index (Phi) is 5.80. The van der Waals surface area contributed by atoms with Gasteiger partial charge in [-0.1, -0.05) is 18.2 Å². The van der Waals surface area contributed by atoms with Crippen molar-refractivity contribution in [2.45, 2.75) is 4.90 Å². The fraction of sp³-hybridized carbons (Fsp3) is 0.158. The van der Waals surface area contributed by atoms with Gasteiger partial charge in [0.1, 0.15) is 13.2 Å². The molecule has 0 atom stereocenters. The van der Waals surface area contributed by atoms with Gasteiger partial charge < -0.3 is 20.5 Å². The van der Waals surface area contributed by atoms with Crippen LogP contribution in [0.3, 0.4) is 0 Å². The fourth-order valence-corrected chi connectivity index (χ4v) is 3.10. The van der Waals surface area contributed by atoms with Crippen LogP contribution < -0.4 is 20.5 Å². The van der Waals surface area contributed by atoms with Crippen molar-refractivity contribution in [2.75, 3.05) is 24.3 Å². The molecule has 7 heteroatoms. The summed E-state index contributed by atoms with van der Waals surface area (Å²) in [5, 5.41) is 2.81. The number of nitrogens with two attached hydrogens (primary N) is 1. The molecule has 2 aromatic rings. The first-order chi connectivity index (χ1) is 12.6. The second-order valence-corrected chi connectivity index (χ2v) is 6.49. The molecular formula is C19H18N2O4S. The molecule has 2 aromatic carbocycles. The van der Waals surface area contributed by atoms with Crippen LogP contribution in [0.15, 0.2) is 53.4 Å². The normalized spacial score (nSPS) is 12.8. The van der Waals surface area contributed by atoms with Gasteiger partial charge in [0, 0.05) is 11.0 Å². The minimum Gasteiger partial charge on any atom is -0.486 e. The van der Waals surface area contributed by atoms with Crippen LogP contribution in [0.25, 0.3) is 6.08 Å². The summed E-state index contributed by atoms with van der Waals surface area (Å²) in [5.74, 6) is 0.854. The Labute approximate surface area is 155 Å². The summed E-state index contributed by atoms with van der Waals surface area (Å²) in [6.45, 7) is 1.05. The molecular weight excluding hydrogens is 352 g/mol. The number of carbonyl (C=O) groups excluding carboxylic acids is 2. The number of fused-ring (bicyclic) bond motifs is 1. The first-order valence-corrected chi connectivity index (χ1v) is 8.99. The molecule has 0 saturated heterocycles. The smallest absolute Gasteiger partial charge is 0.248 e. The van der Waals surface area contributed by atoms with E-state index in [-0.39, 0.29) is 11.7 Å². The number of benzene rings is 2. The Hall–Kier alpha value is -2.93. The highest BCUT2D eigenvalue weighted by Gasteiger charge is 2.11. The average Bonchev–Trinajstić information content (AvgIpc) is 2.65. The van der Waals surface area contributed by atoms with E-state index < -0.39 is 5.91 Å². The summed E-state index contributed by atoms with van der Waals surface area (Å²) in [4.78, 5) is 23.9. The fourth-order valence-electron chi connectivity index (χ4n) is 2.35. The molecule has 0 radical (unpaired) electrons. The summed E-state index contributed by atoms with van der Waals surface area (Å²) in [6, 6.07) is 12.8. The topological polar surface area (TPSA) is 90.7 Å². The third-order valence-electron chi connectivity index (χ3n) is 3.51. The van der Waals surface area contributed by atoms with E-state index >= 15 is 0 Å². The summed E-state index contributed by atoms with van der Waals surface area (Å²) in [5.41, 5.74) is 6.64. The van der Waals surface area contributed by atoms with Crippen LogP contribution in [0.4, 0.5) is 5.69 Å². The zero-order chi connectivity index (χ0) is 18.4. The average molecular weight is 370 g/mol. The van der Waals surface area contributed by atoms with E-state index in [2.05, 4.69) is 5.32 Å². The second-order valence-electron chi connectivity index (χ2n) is 5.48. The molecule has 1 heterocycles. The molecule has 6 nitrogen and oxygen atoms in total. The third-order valence-corrected chi connectivity index (χ3v) is 4.60. The van der Waals surface area contributed by atoms with Crippen LogP contribution in [0, 0.1) is 0 Å². The van der Waals surface area contributed by atoms with E-state index in [1.807, 2.05) is 36.4 Å². The van der Waals surface area contributed by atoms with Crippen molar-refractivity contribution in [3.8, 4) is 11.5 Å². The van der Waals surface area contributed by atoms with E-state index in [9.17, 15) is 9.59 Å². The lowest BCUT2D eigenvalue weighted by Gasteiger charge is -2.18. The lowest BCUT2D eigenvalue weighted by molar-refractivity contribution is -0.115. The molecule has 0 saturated carbocycles. The Bertz CT molecular complexity index is 851. The third kappa shape index (κ3) is 4.80. The molecule has 26 heavy (non-hydrogen) atoms. The largest absolute Gasteiger partial charge is 0.486 e. The molecule has 1 aliphatic rings. The van der Waals surface area contributed by atoms with E-state index in [4.69, 9.17) is 15.2 Å². The Morgan fingerprint density at radius 1 is 1.12 bits per heavy atom. The maximum atomic E-state index is 12.2. The number of anilines is 1. The quantitative estimate of drug-likeness (QED) is 0.603. The predicted molar refractivity (Wildman–Crippen MR) is 101 cm³/mol. The van der Waals surface area contributed by atoms with Gasteiger partial charge in [0.05, 0.1) is 11.4 Å². The number of para-hydroxylation sites is 1. The molecule has 0 bridgehead atoms. The van der Waals surface area contributed by atoms with Crippen LogP contribution in [-0.2, 0) is 9.59 Å². The molecule has 3 N–H and O–H groups in total. The van der Waals surface area contributed by atoms with Crippen molar-refractivity contribution in [1.82, 2.24) is 0 Å². The number of primary amides is 1. The van der Waals surface area contributed by atoms with Gasteiger partial charge in [0.25, 0.3) is 0 Å². The number of rotatable bonds is 6. The molecule has 3 rings (SSSR count). The number of amides is 2. The number of thioether (sulfide) groups is 1. The van der Waals surface area contributed by atoms with Crippen molar-refractivity contribution in [2.24, 2.45) is 5.73 Å². The Morgan fingerprint density at radius 2 is 1.88 bits per heavy atom. The van der Waals surface area contributed by atoms with Crippen molar-refractivity contribution in [3.05, 3.63) is 54.1 Å². The minimum absolute atomic E-state index is 0.153. The van der Waals surface area contributed by atoms with Crippen LogP contribution in [0.2, 0.25) is 0 Å². The lowest BCUT2D eigenvalue weighted by Crippen LogP contribution is -2.15. The predicted octanol–water partition coefficient (Wildman–Crippen LogP) is 2.69. The zero-order valence-electron chi connectivity index (χ0n) is 13.9. The molecule has 0 spiro atoms.